The van der Waals surface area contributed by atoms with Gasteiger partial charge in [0, 0.05) is 22.2 Å². The van der Waals surface area contributed by atoms with E-state index in [1.165, 1.54) is 55.5 Å². The SMILES string of the molecule is CCOc1ccc2c(c1)C(C)(c1ccccc1F)C(=O)N2S(=O)(=O)c1ccc(C(=O)NC(C)(C)C)cc1. The molecule has 0 radical (unpaired) electrons. The summed E-state index contributed by atoms with van der Waals surface area (Å²) < 4.78 is 48.9. The quantitative estimate of drug-likeness (QED) is 0.500. The maximum atomic E-state index is 15.0. The van der Waals surface area contributed by atoms with Gasteiger partial charge in [0.25, 0.3) is 21.8 Å². The summed E-state index contributed by atoms with van der Waals surface area (Å²) in [6.07, 6.45) is 0. The molecule has 37 heavy (non-hydrogen) atoms. The Balaban J connectivity index is 1.82. The summed E-state index contributed by atoms with van der Waals surface area (Å²) in [5.74, 6) is -1.35. The number of anilines is 1. The minimum atomic E-state index is -4.41. The zero-order valence-electron chi connectivity index (χ0n) is 21.3. The van der Waals surface area contributed by atoms with Gasteiger partial charge in [-0.25, -0.2) is 17.1 Å². The molecule has 0 spiro atoms. The van der Waals surface area contributed by atoms with E-state index in [-0.39, 0.29) is 27.6 Å². The lowest BCUT2D eigenvalue weighted by molar-refractivity contribution is -0.120. The number of sulfonamides is 1. The van der Waals surface area contributed by atoms with E-state index in [1.807, 2.05) is 20.8 Å². The molecule has 1 N–H and O–H groups in total. The van der Waals surface area contributed by atoms with Crippen molar-refractivity contribution in [3.05, 3.63) is 89.2 Å². The van der Waals surface area contributed by atoms with Gasteiger partial charge in [0.15, 0.2) is 0 Å². The van der Waals surface area contributed by atoms with Crippen molar-refractivity contribution in [3.8, 4) is 5.75 Å². The number of carbonyl (C=O) groups is 2. The average Bonchev–Trinajstić information content (AvgIpc) is 3.06. The molecule has 0 aromatic heterocycles. The van der Waals surface area contributed by atoms with Gasteiger partial charge in [-0.05, 0) is 83.1 Å². The van der Waals surface area contributed by atoms with Crippen LogP contribution in [0.4, 0.5) is 10.1 Å². The van der Waals surface area contributed by atoms with Crippen molar-refractivity contribution in [2.24, 2.45) is 0 Å². The summed E-state index contributed by atoms with van der Waals surface area (Å²) in [5, 5.41) is 2.82. The lowest BCUT2D eigenvalue weighted by atomic mass is 9.77. The van der Waals surface area contributed by atoms with E-state index in [4.69, 9.17) is 4.74 Å². The number of fused-ring (bicyclic) bond motifs is 1. The summed E-state index contributed by atoms with van der Waals surface area (Å²) in [7, 11) is -4.41. The van der Waals surface area contributed by atoms with Gasteiger partial charge in [0.05, 0.1) is 17.2 Å². The molecule has 0 saturated heterocycles. The Kier molecular flexibility index (Phi) is 6.62. The number of nitrogens with zero attached hydrogens (tertiary/aromatic N) is 1. The molecule has 194 valence electrons. The van der Waals surface area contributed by atoms with Crippen molar-refractivity contribution in [1.82, 2.24) is 5.32 Å². The third kappa shape index (κ3) is 4.59. The van der Waals surface area contributed by atoms with Crippen molar-refractivity contribution >= 4 is 27.5 Å². The number of halogens is 1. The molecule has 3 aromatic carbocycles. The number of hydrogen-bond acceptors (Lipinski definition) is 5. The first-order valence-electron chi connectivity index (χ1n) is 11.9. The maximum absolute atomic E-state index is 15.0. The van der Waals surface area contributed by atoms with Crippen LogP contribution in [0.25, 0.3) is 0 Å². The Morgan fingerprint density at radius 3 is 2.27 bits per heavy atom. The van der Waals surface area contributed by atoms with Crippen LogP contribution in [0.2, 0.25) is 0 Å². The molecule has 3 aromatic rings. The van der Waals surface area contributed by atoms with Gasteiger partial charge >= 0.3 is 0 Å². The van der Waals surface area contributed by atoms with Gasteiger partial charge in [-0.3, -0.25) is 9.59 Å². The van der Waals surface area contributed by atoms with Crippen molar-refractivity contribution in [1.29, 1.82) is 0 Å². The number of benzene rings is 3. The molecular formula is C28H29FN2O5S. The topological polar surface area (TPSA) is 92.8 Å². The molecule has 0 fully saturated rings. The molecule has 1 aliphatic heterocycles. The monoisotopic (exact) mass is 524 g/mol. The Morgan fingerprint density at radius 1 is 1.03 bits per heavy atom. The van der Waals surface area contributed by atoms with Crippen LogP contribution in [-0.2, 0) is 20.2 Å². The van der Waals surface area contributed by atoms with Crippen LogP contribution in [-0.4, -0.2) is 32.4 Å². The normalized spacial score (nSPS) is 17.5. The molecule has 2 amide bonds. The molecule has 0 saturated carbocycles. The Labute approximate surface area is 216 Å². The Bertz CT molecular complexity index is 1480. The maximum Gasteiger partial charge on any atom is 0.270 e. The van der Waals surface area contributed by atoms with E-state index in [0.717, 1.165) is 0 Å². The molecule has 9 heteroatoms. The summed E-state index contributed by atoms with van der Waals surface area (Å²) in [5.41, 5.74) is -1.31. The predicted octanol–water partition coefficient (Wildman–Crippen LogP) is 4.79. The number of hydrogen-bond donors (Lipinski definition) is 1. The van der Waals surface area contributed by atoms with E-state index in [2.05, 4.69) is 5.32 Å². The van der Waals surface area contributed by atoms with Gasteiger partial charge in [0.2, 0.25) is 0 Å². The first kappa shape index (κ1) is 26.3. The highest BCUT2D eigenvalue weighted by molar-refractivity contribution is 7.93. The fourth-order valence-electron chi connectivity index (χ4n) is 4.44. The highest BCUT2D eigenvalue weighted by Crippen LogP contribution is 2.49. The fraction of sp³-hybridized carbons (Fsp3) is 0.286. The molecule has 0 bridgehead atoms. The van der Waals surface area contributed by atoms with Crippen LogP contribution in [0, 0.1) is 5.82 Å². The molecule has 0 aliphatic carbocycles. The molecular weight excluding hydrogens is 495 g/mol. The van der Waals surface area contributed by atoms with Crippen molar-refractivity contribution in [2.75, 3.05) is 10.9 Å². The number of carbonyl (C=O) groups excluding carboxylic acids is 2. The van der Waals surface area contributed by atoms with E-state index in [1.54, 1.807) is 25.1 Å². The van der Waals surface area contributed by atoms with Crippen LogP contribution in [0.15, 0.2) is 71.6 Å². The fourth-order valence-corrected chi connectivity index (χ4v) is 5.95. The van der Waals surface area contributed by atoms with Crippen LogP contribution in [0.3, 0.4) is 0 Å². The van der Waals surface area contributed by atoms with Gasteiger partial charge in [-0.15, -0.1) is 0 Å². The van der Waals surface area contributed by atoms with Crippen LogP contribution >= 0.6 is 0 Å². The molecule has 1 unspecified atom stereocenters. The zero-order chi connectivity index (χ0) is 27.2. The summed E-state index contributed by atoms with van der Waals surface area (Å²) in [6, 6.07) is 15.8. The molecule has 1 atom stereocenters. The second-order valence-corrected chi connectivity index (χ2v) is 11.8. The average molecular weight is 525 g/mol. The standard InChI is InChI=1S/C28H29FN2O5S/c1-6-36-19-13-16-24-22(17-19)28(5,21-9-7-8-10-23(21)29)26(33)31(24)37(34,35)20-14-11-18(12-15-20)25(32)30-27(2,3)4/h7-17H,6H2,1-5H3,(H,30,32). The van der Waals surface area contributed by atoms with E-state index >= 15 is 0 Å². The Hall–Kier alpha value is -3.72. The van der Waals surface area contributed by atoms with Gasteiger partial charge in [0.1, 0.15) is 17.0 Å². The largest absolute Gasteiger partial charge is 0.494 e. The summed E-state index contributed by atoms with van der Waals surface area (Å²) >= 11 is 0. The highest BCUT2D eigenvalue weighted by Gasteiger charge is 2.54. The Morgan fingerprint density at radius 2 is 1.68 bits per heavy atom. The number of ether oxygens (including phenoxy) is 1. The third-order valence-corrected chi connectivity index (χ3v) is 7.92. The van der Waals surface area contributed by atoms with Gasteiger partial charge in [-0.2, -0.15) is 0 Å². The van der Waals surface area contributed by atoms with Crippen molar-refractivity contribution < 1.29 is 27.1 Å². The smallest absolute Gasteiger partial charge is 0.270 e. The first-order chi connectivity index (χ1) is 17.3. The predicted molar refractivity (Wildman–Crippen MR) is 139 cm³/mol. The van der Waals surface area contributed by atoms with E-state index < -0.39 is 32.7 Å². The van der Waals surface area contributed by atoms with E-state index in [0.29, 0.717) is 22.2 Å². The summed E-state index contributed by atoms with van der Waals surface area (Å²) in [4.78, 5) is 26.2. The van der Waals surface area contributed by atoms with Crippen LogP contribution in [0.5, 0.6) is 5.75 Å². The molecule has 4 rings (SSSR count). The number of nitrogens with one attached hydrogen (secondary N) is 1. The molecule has 1 aliphatic rings. The lowest BCUT2D eigenvalue weighted by Gasteiger charge is -2.25. The first-order valence-corrected chi connectivity index (χ1v) is 13.3. The van der Waals surface area contributed by atoms with Crippen LogP contribution < -0.4 is 14.4 Å². The number of amides is 2. The van der Waals surface area contributed by atoms with Gasteiger partial charge in [-0.1, -0.05) is 18.2 Å². The second kappa shape index (κ2) is 9.30. The zero-order valence-corrected chi connectivity index (χ0v) is 22.1. The number of rotatable bonds is 6. The summed E-state index contributed by atoms with van der Waals surface area (Å²) in [6.45, 7) is 9.19. The van der Waals surface area contributed by atoms with E-state index in [9.17, 15) is 22.4 Å². The second-order valence-electron chi connectivity index (χ2n) is 10.0. The van der Waals surface area contributed by atoms with Crippen molar-refractivity contribution in [2.45, 2.75) is 50.5 Å². The minimum absolute atomic E-state index is 0.0572. The van der Waals surface area contributed by atoms with Crippen molar-refractivity contribution in [3.63, 3.8) is 0 Å². The minimum Gasteiger partial charge on any atom is -0.494 e. The molecule has 1 heterocycles. The van der Waals surface area contributed by atoms with Gasteiger partial charge < -0.3 is 10.1 Å². The lowest BCUT2D eigenvalue weighted by Crippen LogP contribution is -2.42. The van der Waals surface area contributed by atoms with Crippen LogP contribution in [0.1, 0.15) is 56.1 Å². The molecule has 7 nitrogen and oxygen atoms in total. The highest BCUT2D eigenvalue weighted by atomic mass is 32.2. The third-order valence-electron chi connectivity index (χ3n) is 6.20.